The van der Waals surface area contributed by atoms with Gasteiger partial charge in [0.05, 0.1) is 12.7 Å². The van der Waals surface area contributed by atoms with Crippen molar-refractivity contribution in [3.63, 3.8) is 0 Å². The molecule has 30 heavy (non-hydrogen) atoms. The SMILES string of the molecule is COC(=O)C(=O)[C@@]12CC[C@@]3(OC(C)O1)[C@@H]1CCC4=CC(=O)CC[C@]4(C)[C@H]1CC[C@]23C. The average Bonchev–Trinajstić information content (AvgIpc) is 2.85. The normalized spacial score (nSPS) is 49.4. The highest BCUT2D eigenvalue weighted by Gasteiger charge is 2.78. The molecule has 0 spiro atoms. The van der Waals surface area contributed by atoms with E-state index in [1.54, 1.807) is 0 Å². The molecule has 0 aromatic carbocycles. The quantitative estimate of drug-likeness (QED) is 0.506. The van der Waals surface area contributed by atoms with Gasteiger partial charge in [-0.05, 0) is 75.2 Å². The van der Waals surface area contributed by atoms with Crippen LogP contribution in [-0.2, 0) is 28.6 Å². The zero-order chi connectivity index (χ0) is 21.5. The first-order valence-corrected chi connectivity index (χ1v) is 11.4. The Morgan fingerprint density at radius 1 is 1.03 bits per heavy atom. The largest absolute Gasteiger partial charge is 0.463 e. The van der Waals surface area contributed by atoms with Crippen LogP contribution in [-0.4, -0.2) is 42.1 Å². The monoisotopic (exact) mass is 416 g/mol. The molecule has 4 aliphatic carbocycles. The third-order valence-corrected chi connectivity index (χ3v) is 9.70. The number of ether oxygens (including phenoxy) is 3. The number of carbonyl (C=O) groups is 3. The Kier molecular flexibility index (Phi) is 4.25. The molecule has 164 valence electrons. The molecule has 0 radical (unpaired) electrons. The lowest BCUT2D eigenvalue weighted by Gasteiger charge is -2.66. The van der Waals surface area contributed by atoms with Crippen molar-refractivity contribution in [2.24, 2.45) is 22.7 Å². The minimum Gasteiger partial charge on any atom is -0.463 e. The first-order valence-electron chi connectivity index (χ1n) is 11.4. The van der Waals surface area contributed by atoms with E-state index >= 15 is 0 Å². The zero-order valence-electron chi connectivity index (χ0n) is 18.4. The first kappa shape index (κ1) is 20.4. The van der Waals surface area contributed by atoms with Gasteiger partial charge in [-0.3, -0.25) is 9.59 Å². The van der Waals surface area contributed by atoms with E-state index in [1.165, 1.54) is 12.7 Å². The summed E-state index contributed by atoms with van der Waals surface area (Å²) in [5.74, 6) is -0.443. The molecule has 0 aromatic heterocycles. The molecule has 5 aliphatic rings. The number of allylic oxidation sites excluding steroid dienone is 1. The van der Waals surface area contributed by atoms with Gasteiger partial charge < -0.3 is 14.2 Å². The Morgan fingerprint density at radius 3 is 2.53 bits per heavy atom. The molecule has 6 nitrogen and oxygen atoms in total. The highest BCUT2D eigenvalue weighted by Crippen LogP contribution is 2.73. The molecule has 0 N–H and O–H groups in total. The molecule has 3 saturated carbocycles. The van der Waals surface area contributed by atoms with E-state index < -0.39 is 34.7 Å². The van der Waals surface area contributed by atoms with Crippen LogP contribution in [0.3, 0.4) is 0 Å². The number of Topliss-reactive ketones (excluding diaryl/α,β-unsaturated/α-hetero) is 1. The van der Waals surface area contributed by atoms with Crippen LogP contribution in [0.4, 0.5) is 0 Å². The van der Waals surface area contributed by atoms with Crippen LogP contribution in [0.5, 0.6) is 0 Å². The van der Waals surface area contributed by atoms with E-state index in [0.29, 0.717) is 25.2 Å². The molecule has 4 fully saturated rings. The lowest BCUT2D eigenvalue weighted by molar-refractivity contribution is -0.363. The fourth-order valence-electron chi connectivity index (χ4n) is 8.24. The summed E-state index contributed by atoms with van der Waals surface area (Å²) in [4.78, 5) is 37.7. The molecule has 6 heteroatoms. The molecule has 0 amide bonds. The summed E-state index contributed by atoms with van der Waals surface area (Å²) in [7, 11) is 1.25. The predicted octanol–water partition coefficient (Wildman–Crippen LogP) is 3.51. The van der Waals surface area contributed by atoms with E-state index in [9.17, 15) is 14.4 Å². The molecule has 5 rings (SSSR count). The molecular weight excluding hydrogens is 384 g/mol. The van der Waals surface area contributed by atoms with Gasteiger partial charge in [0.15, 0.2) is 12.1 Å². The van der Waals surface area contributed by atoms with Crippen LogP contribution in [0.15, 0.2) is 11.6 Å². The molecule has 1 saturated heterocycles. The number of hydrogen-bond acceptors (Lipinski definition) is 6. The average molecular weight is 417 g/mol. The lowest BCUT2D eigenvalue weighted by Crippen LogP contribution is -2.72. The Hall–Kier alpha value is -1.53. The summed E-state index contributed by atoms with van der Waals surface area (Å²) >= 11 is 0. The molecule has 0 aromatic rings. The first-order chi connectivity index (χ1) is 14.1. The smallest absolute Gasteiger partial charge is 0.377 e. The standard InChI is InChI=1S/C24H32O6/c1-14-29-23-11-12-24(30-14,19(26)20(27)28-4)22(23,3)10-8-17-18(23)6-5-15-13-16(25)7-9-21(15,17)2/h13-14,17-18H,5-12H2,1-4H3/t14?,17-,18+,21-,22-,23+,24+/m0/s1. The van der Waals surface area contributed by atoms with Gasteiger partial charge in [0.25, 0.3) is 5.78 Å². The van der Waals surface area contributed by atoms with Crippen LogP contribution in [0.2, 0.25) is 0 Å². The second kappa shape index (κ2) is 6.26. The number of esters is 1. The summed E-state index contributed by atoms with van der Waals surface area (Å²) in [5.41, 5.74) is -0.929. The van der Waals surface area contributed by atoms with Crippen molar-refractivity contribution in [3.8, 4) is 0 Å². The van der Waals surface area contributed by atoms with Gasteiger partial charge in [-0.25, -0.2) is 4.79 Å². The van der Waals surface area contributed by atoms with Crippen LogP contribution >= 0.6 is 0 Å². The third kappa shape index (κ3) is 2.19. The molecular formula is C24H32O6. The Labute approximate surface area is 177 Å². The van der Waals surface area contributed by atoms with E-state index in [0.717, 1.165) is 32.1 Å². The van der Waals surface area contributed by atoms with Gasteiger partial charge in [0.1, 0.15) is 5.60 Å². The molecule has 1 heterocycles. The van der Waals surface area contributed by atoms with Crippen molar-refractivity contribution >= 4 is 17.5 Å². The van der Waals surface area contributed by atoms with E-state index in [-0.39, 0.29) is 17.1 Å². The van der Waals surface area contributed by atoms with Crippen LogP contribution in [0.25, 0.3) is 0 Å². The molecule has 1 aliphatic heterocycles. The minimum absolute atomic E-state index is 0.00934. The van der Waals surface area contributed by atoms with Crippen LogP contribution < -0.4 is 0 Å². The number of ketones is 2. The van der Waals surface area contributed by atoms with E-state index in [2.05, 4.69) is 13.8 Å². The number of methoxy groups -OCH3 is 1. The number of hydrogen-bond donors (Lipinski definition) is 0. The maximum atomic E-state index is 13.3. The number of carbonyl (C=O) groups excluding carboxylic acids is 3. The van der Waals surface area contributed by atoms with Crippen molar-refractivity contribution < 1.29 is 28.6 Å². The minimum atomic E-state index is -1.18. The Balaban J connectivity index is 1.60. The second-order valence-corrected chi connectivity index (χ2v) is 10.5. The summed E-state index contributed by atoms with van der Waals surface area (Å²) in [6.07, 6.45) is 7.62. The van der Waals surface area contributed by atoms with Gasteiger partial charge in [-0.2, -0.15) is 0 Å². The summed E-state index contributed by atoms with van der Waals surface area (Å²) in [6, 6.07) is 0. The second-order valence-electron chi connectivity index (χ2n) is 10.5. The van der Waals surface area contributed by atoms with Crippen molar-refractivity contribution in [2.75, 3.05) is 7.11 Å². The highest BCUT2D eigenvalue weighted by atomic mass is 16.7. The van der Waals surface area contributed by atoms with Gasteiger partial charge in [-0.1, -0.05) is 19.4 Å². The highest BCUT2D eigenvalue weighted by molar-refractivity contribution is 6.37. The van der Waals surface area contributed by atoms with E-state index in [4.69, 9.17) is 14.2 Å². The van der Waals surface area contributed by atoms with Crippen molar-refractivity contribution in [2.45, 2.75) is 89.6 Å². The van der Waals surface area contributed by atoms with Gasteiger partial charge in [0.2, 0.25) is 0 Å². The predicted molar refractivity (Wildman–Crippen MR) is 107 cm³/mol. The molecule has 7 atom stereocenters. The maximum Gasteiger partial charge on any atom is 0.377 e. The molecule has 2 bridgehead atoms. The van der Waals surface area contributed by atoms with Crippen molar-refractivity contribution in [1.82, 2.24) is 0 Å². The summed E-state index contributed by atoms with van der Waals surface area (Å²) in [5, 5.41) is 0. The summed E-state index contributed by atoms with van der Waals surface area (Å²) < 4.78 is 17.7. The van der Waals surface area contributed by atoms with Crippen molar-refractivity contribution in [3.05, 3.63) is 11.6 Å². The van der Waals surface area contributed by atoms with Gasteiger partial charge >= 0.3 is 5.97 Å². The topological polar surface area (TPSA) is 78.9 Å². The Morgan fingerprint density at radius 2 is 1.80 bits per heavy atom. The van der Waals surface area contributed by atoms with Crippen LogP contribution in [0, 0.1) is 22.7 Å². The third-order valence-electron chi connectivity index (χ3n) is 9.70. The Bertz CT molecular complexity index is 862. The van der Waals surface area contributed by atoms with Gasteiger partial charge in [-0.15, -0.1) is 0 Å². The van der Waals surface area contributed by atoms with Gasteiger partial charge in [0, 0.05) is 11.8 Å². The van der Waals surface area contributed by atoms with Crippen LogP contribution in [0.1, 0.15) is 72.1 Å². The lowest BCUT2D eigenvalue weighted by atomic mass is 9.44. The fraction of sp³-hybridized carbons (Fsp3) is 0.792. The maximum absolute atomic E-state index is 13.3. The zero-order valence-corrected chi connectivity index (χ0v) is 18.4. The number of fused-ring (bicyclic) bond motifs is 3. The van der Waals surface area contributed by atoms with E-state index in [1.807, 2.05) is 13.0 Å². The molecule has 1 unspecified atom stereocenters. The fourth-order valence-corrected chi connectivity index (χ4v) is 8.24. The van der Waals surface area contributed by atoms with Crippen molar-refractivity contribution in [1.29, 1.82) is 0 Å². The summed E-state index contributed by atoms with van der Waals surface area (Å²) in [6.45, 7) is 6.26. The number of rotatable bonds is 2.